The lowest BCUT2D eigenvalue weighted by Gasteiger charge is -2.11. The van der Waals surface area contributed by atoms with Gasteiger partial charge in [0.1, 0.15) is 5.00 Å². The highest BCUT2D eigenvalue weighted by molar-refractivity contribution is 7.90. The fraction of sp³-hybridized carbons (Fsp3) is 0.294. The fourth-order valence-electron chi connectivity index (χ4n) is 2.96. The minimum Gasteiger partial charge on any atom is -0.365 e. The Kier molecular flexibility index (Phi) is 4.66. The van der Waals surface area contributed by atoms with Crippen LogP contribution < -0.4 is 11.1 Å². The molecule has 1 aliphatic carbocycles. The Hall–Kier alpha value is -2.19. The van der Waals surface area contributed by atoms with E-state index in [1.165, 1.54) is 35.6 Å². The normalized spacial score (nSPS) is 14.0. The van der Waals surface area contributed by atoms with E-state index >= 15 is 0 Å². The molecule has 2 aromatic rings. The number of aryl methyl sites for hydroxylation is 1. The van der Waals surface area contributed by atoms with Gasteiger partial charge in [0.15, 0.2) is 9.84 Å². The fourth-order valence-corrected chi connectivity index (χ4v) is 4.91. The monoisotopic (exact) mass is 378 g/mol. The molecular formula is C17H18N2O4S2. The van der Waals surface area contributed by atoms with Crippen LogP contribution in [-0.2, 0) is 22.7 Å². The van der Waals surface area contributed by atoms with Gasteiger partial charge >= 0.3 is 0 Å². The van der Waals surface area contributed by atoms with Crippen molar-refractivity contribution in [1.29, 1.82) is 0 Å². The summed E-state index contributed by atoms with van der Waals surface area (Å²) < 4.78 is 23.3. The molecule has 2 amide bonds. The highest BCUT2D eigenvalue weighted by Crippen LogP contribution is 2.38. The van der Waals surface area contributed by atoms with Crippen LogP contribution in [0.2, 0.25) is 0 Å². The molecule has 0 fully saturated rings. The number of rotatable bonds is 4. The molecule has 3 rings (SSSR count). The summed E-state index contributed by atoms with van der Waals surface area (Å²) in [5, 5.41) is 3.17. The third-order valence-electron chi connectivity index (χ3n) is 4.17. The maximum absolute atomic E-state index is 12.5. The third kappa shape index (κ3) is 3.59. The van der Waals surface area contributed by atoms with Gasteiger partial charge in [-0.2, -0.15) is 0 Å². The van der Waals surface area contributed by atoms with Crippen molar-refractivity contribution >= 4 is 38.0 Å². The number of carbonyl (C=O) groups excluding carboxylic acids is 2. The molecule has 8 heteroatoms. The Morgan fingerprint density at radius 3 is 2.60 bits per heavy atom. The van der Waals surface area contributed by atoms with Gasteiger partial charge in [-0.25, -0.2) is 8.42 Å². The molecule has 1 aliphatic rings. The second kappa shape index (κ2) is 6.61. The van der Waals surface area contributed by atoms with Gasteiger partial charge < -0.3 is 11.1 Å². The first kappa shape index (κ1) is 17.6. The van der Waals surface area contributed by atoms with Crippen molar-refractivity contribution in [3.05, 3.63) is 45.8 Å². The molecule has 0 bridgehead atoms. The van der Waals surface area contributed by atoms with Gasteiger partial charge in [0.05, 0.1) is 10.5 Å². The van der Waals surface area contributed by atoms with Gasteiger partial charge in [0.2, 0.25) is 0 Å². The maximum atomic E-state index is 12.5. The summed E-state index contributed by atoms with van der Waals surface area (Å²) in [5.74, 6) is -1.02. The van der Waals surface area contributed by atoms with Crippen LogP contribution in [-0.4, -0.2) is 26.5 Å². The minimum atomic E-state index is -3.41. The Balaban J connectivity index is 1.94. The first-order valence-corrected chi connectivity index (χ1v) is 10.5. The summed E-state index contributed by atoms with van der Waals surface area (Å²) in [5.41, 5.74) is 7.04. The number of carbonyl (C=O) groups is 2. The number of fused-ring (bicyclic) bond motifs is 1. The number of thiophene rings is 1. The summed E-state index contributed by atoms with van der Waals surface area (Å²) >= 11 is 1.37. The second-order valence-corrected chi connectivity index (χ2v) is 9.15. The number of benzene rings is 1. The number of nitrogens with two attached hydrogens (primary N) is 1. The number of nitrogens with one attached hydrogen (secondary N) is 1. The topological polar surface area (TPSA) is 106 Å². The van der Waals surface area contributed by atoms with E-state index in [0.29, 0.717) is 10.6 Å². The predicted molar refractivity (Wildman–Crippen MR) is 97.0 cm³/mol. The van der Waals surface area contributed by atoms with E-state index in [1.54, 1.807) is 0 Å². The lowest BCUT2D eigenvalue weighted by Crippen LogP contribution is -2.18. The van der Waals surface area contributed by atoms with Crippen molar-refractivity contribution in [3.63, 3.8) is 0 Å². The minimum absolute atomic E-state index is 0.0701. The molecule has 132 valence electrons. The summed E-state index contributed by atoms with van der Waals surface area (Å²) in [7, 11) is -3.41. The van der Waals surface area contributed by atoms with Gasteiger partial charge in [-0.1, -0.05) is 6.07 Å². The van der Waals surface area contributed by atoms with Gasteiger partial charge in [-0.3, -0.25) is 9.59 Å². The van der Waals surface area contributed by atoms with E-state index in [-0.39, 0.29) is 10.5 Å². The number of amides is 2. The Bertz CT molecular complexity index is 961. The highest BCUT2D eigenvalue weighted by atomic mass is 32.2. The molecule has 0 unspecified atom stereocenters. The van der Waals surface area contributed by atoms with Crippen LogP contribution >= 0.6 is 11.3 Å². The van der Waals surface area contributed by atoms with E-state index in [0.717, 1.165) is 42.4 Å². The largest absolute Gasteiger partial charge is 0.365 e. The maximum Gasteiger partial charge on any atom is 0.256 e. The van der Waals surface area contributed by atoms with E-state index in [9.17, 15) is 18.0 Å². The Morgan fingerprint density at radius 2 is 1.92 bits per heavy atom. The van der Waals surface area contributed by atoms with Crippen LogP contribution in [0.1, 0.15) is 44.0 Å². The van der Waals surface area contributed by atoms with E-state index < -0.39 is 21.7 Å². The molecule has 6 nitrogen and oxygen atoms in total. The van der Waals surface area contributed by atoms with Crippen LogP contribution in [0.3, 0.4) is 0 Å². The molecule has 0 atom stereocenters. The van der Waals surface area contributed by atoms with Crippen molar-refractivity contribution in [3.8, 4) is 0 Å². The summed E-state index contributed by atoms with van der Waals surface area (Å²) in [6.07, 6.45) is 4.79. The molecule has 0 radical (unpaired) electrons. The summed E-state index contributed by atoms with van der Waals surface area (Å²) in [6.45, 7) is 0. The van der Waals surface area contributed by atoms with Crippen molar-refractivity contribution in [2.24, 2.45) is 5.73 Å². The number of anilines is 1. The second-order valence-electron chi connectivity index (χ2n) is 6.03. The van der Waals surface area contributed by atoms with Crippen LogP contribution in [0, 0.1) is 0 Å². The van der Waals surface area contributed by atoms with Crippen molar-refractivity contribution in [2.45, 2.75) is 30.6 Å². The highest BCUT2D eigenvalue weighted by Gasteiger charge is 2.25. The molecule has 3 N–H and O–H groups in total. The molecule has 1 aromatic carbocycles. The molecule has 0 spiro atoms. The number of hydrogen-bond donors (Lipinski definition) is 2. The number of sulfone groups is 1. The quantitative estimate of drug-likeness (QED) is 0.852. The van der Waals surface area contributed by atoms with Crippen LogP contribution in [0.15, 0.2) is 29.2 Å². The van der Waals surface area contributed by atoms with Crippen LogP contribution in [0.5, 0.6) is 0 Å². The van der Waals surface area contributed by atoms with Gasteiger partial charge in [0.25, 0.3) is 11.8 Å². The molecule has 1 heterocycles. The van der Waals surface area contributed by atoms with Gasteiger partial charge in [0, 0.05) is 16.7 Å². The van der Waals surface area contributed by atoms with Gasteiger partial charge in [-0.15, -0.1) is 11.3 Å². The number of primary amides is 1. The zero-order valence-electron chi connectivity index (χ0n) is 13.7. The average Bonchev–Trinajstić information content (AvgIpc) is 2.92. The molecule has 25 heavy (non-hydrogen) atoms. The molecular weight excluding hydrogens is 360 g/mol. The van der Waals surface area contributed by atoms with Crippen LogP contribution in [0.4, 0.5) is 5.00 Å². The van der Waals surface area contributed by atoms with E-state index in [2.05, 4.69) is 5.32 Å². The molecule has 0 saturated carbocycles. The summed E-state index contributed by atoms with van der Waals surface area (Å²) in [4.78, 5) is 25.5. The zero-order valence-corrected chi connectivity index (χ0v) is 15.3. The van der Waals surface area contributed by atoms with Crippen molar-refractivity contribution in [1.82, 2.24) is 0 Å². The predicted octanol–water partition coefficient (Wildman–Crippen LogP) is 2.38. The first-order chi connectivity index (χ1) is 11.8. The standard InChI is InChI=1S/C17H18N2O4S2/c1-25(22,23)11-6-4-5-10(9-11)16(21)19-17-14(15(18)20)12-7-2-3-8-13(12)24-17/h4-6,9H,2-3,7-8H2,1H3,(H2,18,20)(H,19,21). The lowest BCUT2D eigenvalue weighted by atomic mass is 9.95. The Morgan fingerprint density at radius 1 is 1.20 bits per heavy atom. The third-order valence-corrected chi connectivity index (χ3v) is 6.49. The van der Waals surface area contributed by atoms with Gasteiger partial charge in [-0.05, 0) is 49.4 Å². The first-order valence-electron chi connectivity index (χ1n) is 7.83. The SMILES string of the molecule is CS(=O)(=O)c1cccc(C(=O)Nc2sc3c(c2C(N)=O)CCCC3)c1. The Labute approximate surface area is 150 Å². The van der Waals surface area contributed by atoms with Crippen LogP contribution in [0.25, 0.3) is 0 Å². The van der Waals surface area contributed by atoms with E-state index in [1.807, 2.05) is 0 Å². The van der Waals surface area contributed by atoms with E-state index in [4.69, 9.17) is 5.73 Å². The lowest BCUT2D eigenvalue weighted by molar-refractivity contribution is 0.100. The van der Waals surface area contributed by atoms with Crippen molar-refractivity contribution in [2.75, 3.05) is 11.6 Å². The molecule has 0 aliphatic heterocycles. The zero-order chi connectivity index (χ0) is 18.2. The molecule has 0 saturated heterocycles. The number of hydrogen-bond acceptors (Lipinski definition) is 5. The molecule has 1 aromatic heterocycles. The van der Waals surface area contributed by atoms with Crippen molar-refractivity contribution < 1.29 is 18.0 Å². The summed E-state index contributed by atoms with van der Waals surface area (Å²) in [6, 6.07) is 5.80. The average molecular weight is 378 g/mol. The smallest absolute Gasteiger partial charge is 0.256 e.